The van der Waals surface area contributed by atoms with Crippen molar-refractivity contribution in [2.45, 2.75) is 45.3 Å². The second-order valence-electron chi connectivity index (χ2n) is 5.95. The van der Waals surface area contributed by atoms with E-state index in [0.29, 0.717) is 18.7 Å². The Morgan fingerprint density at radius 3 is 2.50 bits per heavy atom. The number of likely N-dealkylation sites (tertiary alicyclic amines) is 1. The molecule has 6 nitrogen and oxygen atoms in total. The van der Waals surface area contributed by atoms with E-state index < -0.39 is 30.0 Å². The molecular weight excluding hydrogens is 282 g/mol. The van der Waals surface area contributed by atoms with Gasteiger partial charge in [0.1, 0.15) is 11.6 Å². The minimum Gasteiger partial charge on any atom is -0.481 e. The van der Waals surface area contributed by atoms with Crippen LogP contribution in [0.5, 0.6) is 0 Å². The SMILES string of the molecule is CC(C)(C)OC(=O)[C@H](CC(=O)O)N1CC(CS)CC1=O. The maximum Gasteiger partial charge on any atom is 0.329 e. The third-order valence-corrected chi connectivity index (χ3v) is 3.44. The van der Waals surface area contributed by atoms with Gasteiger partial charge in [-0.1, -0.05) is 0 Å². The van der Waals surface area contributed by atoms with E-state index in [1.54, 1.807) is 20.8 Å². The molecule has 1 aliphatic rings. The fourth-order valence-electron chi connectivity index (χ4n) is 2.09. The van der Waals surface area contributed by atoms with Crippen LogP contribution in [0.15, 0.2) is 0 Å². The zero-order valence-electron chi connectivity index (χ0n) is 12.0. The van der Waals surface area contributed by atoms with Gasteiger partial charge in [-0.3, -0.25) is 9.59 Å². The van der Waals surface area contributed by atoms with E-state index in [1.807, 2.05) is 0 Å². The van der Waals surface area contributed by atoms with Gasteiger partial charge in [0, 0.05) is 13.0 Å². The highest BCUT2D eigenvalue weighted by atomic mass is 32.1. The molecule has 1 amide bonds. The molecule has 20 heavy (non-hydrogen) atoms. The number of amides is 1. The molecule has 1 fully saturated rings. The first-order valence-corrected chi connectivity index (χ1v) is 7.12. The second kappa shape index (κ2) is 6.47. The van der Waals surface area contributed by atoms with Crippen LogP contribution in [0.25, 0.3) is 0 Å². The maximum absolute atomic E-state index is 12.1. The van der Waals surface area contributed by atoms with Crippen molar-refractivity contribution in [2.75, 3.05) is 12.3 Å². The van der Waals surface area contributed by atoms with Crippen molar-refractivity contribution in [1.29, 1.82) is 0 Å². The number of aliphatic carboxylic acids is 1. The monoisotopic (exact) mass is 303 g/mol. The van der Waals surface area contributed by atoms with Gasteiger partial charge in [-0.15, -0.1) is 0 Å². The molecule has 0 spiro atoms. The number of carboxylic acids is 1. The van der Waals surface area contributed by atoms with E-state index in [1.165, 1.54) is 4.90 Å². The standard InChI is InChI=1S/C13H21NO5S/c1-13(2,3)19-12(18)9(5-11(16)17)14-6-8(7-20)4-10(14)15/h8-9,20H,4-7H2,1-3H3,(H,16,17)/t8?,9-/m0/s1. The van der Waals surface area contributed by atoms with E-state index in [4.69, 9.17) is 9.84 Å². The first-order valence-electron chi connectivity index (χ1n) is 6.49. The van der Waals surface area contributed by atoms with Crippen molar-refractivity contribution in [3.05, 3.63) is 0 Å². The van der Waals surface area contributed by atoms with Gasteiger partial charge in [-0.25, -0.2) is 4.79 Å². The van der Waals surface area contributed by atoms with Crippen LogP contribution >= 0.6 is 12.6 Å². The van der Waals surface area contributed by atoms with Gasteiger partial charge in [-0.2, -0.15) is 12.6 Å². The summed E-state index contributed by atoms with van der Waals surface area (Å²) in [5, 5.41) is 8.94. The molecule has 1 unspecified atom stereocenters. The number of carboxylic acid groups (broad SMARTS) is 1. The lowest BCUT2D eigenvalue weighted by atomic mass is 10.1. The summed E-state index contributed by atoms with van der Waals surface area (Å²) in [6.07, 6.45) is -0.150. The molecule has 0 aliphatic carbocycles. The molecule has 0 saturated carbocycles. The van der Waals surface area contributed by atoms with E-state index in [0.717, 1.165) is 0 Å². The largest absolute Gasteiger partial charge is 0.481 e. The van der Waals surface area contributed by atoms with Crippen LogP contribution in [0.4, 0.5) is 0 Å². The van der Waals surface area contributed by atoms with Crippen molar-refractivity contribution >= 4 is 30.5 Å². The van der Waals surface area contributed by atoms with Gasteiger partial charge in [0.05, 0.1) is 6.42 Å². The predicted molar refractivity (Wildman–Crippen MR) is 75.6 cm³/mol. The molecule has 0 radical (unpaired) electrons. The molecule has 1 rings (SSSR count). The van der Waals surface area contributed by atoms with E-state index >= 15 is 0 Å². The summed E-state index contributed by atoms with van der Waals surface area (Å²) in [7, 11) is 0. The normalized spacial score (nSPS) is 20.9. The molecule has 114 valence electrons. The molecule has 1 N–H and O–H groups in total. The highest BCUT2D eigenvalue weighted by Crippen LogP contribution is 2.24. The van der Waals surface area contributed by atoms with E-state index in [9.17, 15) is 14.4 Å². The Morgan fingerprint density at radius 2 is 2.10 bits per heavy atom. The number of rotatable bonds is 5. The smallest absolute Gasteiger partial charge is 0.329 e. The summed E-state index contributed by atoms with van der Waals surface area (Å²) in [6, 6.07) is -1.07. The number of esters is 1. The molecule has 2 atom stereocenters. The highest BCUT2D eigenvalue weighted by Gasteiger charge is 2.40. The number of carbonyl (C=O) groups excluding carboxylic acids is 2. The number of hydrogen-bond donors (Lipinski definition) is 2. The Balaban J connectivity index is 2.87. The summed E-state index contributed by atoms with van der Waals surface area (Å²) >= 11 is 4.14. The minimum atomic E-state index is -1.14. The van der Waals surface area contributed by atoms with Crippen molar-refractivity contribution < 1.29 is 24.2 Å². The number of thiol groups is 1. The summed E-state index contributed by atoms with van der Waals surface area (Å²) in [5.74, 6) is -1.46. The molecule has 1 aliphatic heterocycles. The molecule has 1 heterocycles. The maximum atomic E-state index is 12.1. The first kappa shape index (κ1) is 16.8. The van der Waals surface area contributed by atoms with Crippen LogP contribution in [0, 0.1) is 5.92 Å². The third kappa shape index (κ3) is 4.70. The molecule has 0 aromatic rings. The quantitative estimate of drug-likeness (QED) is 0.583. The number of ether oxygens (including phenoxy) is 1. The molecule has 1 saturated heterocycles. The van der Waals surface area contributed by atoms with E-state index in [-0.39, 0.29) is 11.8 Å². The van der Waals surface area contributed by atoms with Crippen LogP contribution in [0.3, 0.4) is 0 Å². The molecule has 0 aromatic heterocycles. The van der Waals surface area contributed by atoms with Gasteiger partial charge in [0.25, 0.3) is 0 Å². The van der Waals surface area contributed by atoms with Crippen LogP contribution in [0.2, 0.25) is 0 Å². The van der Waals surface area contributed by atoms with Crippen molar-refractivity contribution in [1.82, 2.24) is 4.90 Å². The molecule has 0 aromatic carbocycles. The first-order chi connectivity index (χ1) is 9.14. The van der Waals surface area contributed by atoms with Crippen LogP contribution in [-0.2, 0) is 19.1 Å². The van der Waals surface area contributed by atoms with Crippen LogP contribution in [-0.4, -0.2) is 51.8 Å². The number of nitrogens with zero attached hydrogens (tertiary/aromatic N) is 1. The van der Waals surface area contributed by atoms with E-state index in [2.05, 4.69) is 12.6 Å². The van der Waals surface area contributed by atoms with Gasteiger partial charge in [0.2, 0.25) is 5.91 Å². The fraction of sp³-hybridized carbons (Fsp3) is 0.769. The van der Waals surface area contributed by atoms with Gasteiger partial charge >= 0.3 is 11.9 Å². The average Bonchev–Trinajstić information content (AvgIpc) is 2.64. The molecule has 7 heteroatoms. The van der Waals surface area contributed by atoms with Crippen LogP contribution < -0.4 is 0 Å². The van der Waals surface area contributed by atoms with Gasteiger partial charge in [0.15, 0.2) is 0 Å². The molecular formula is C13H21NO5S. The summed E-state index contributed by atoms with van der Waals surface area (Å²) in [4.78, 5) is 36.3. The predicted octanol–water partition coefficient (Wildman–Crippen LogP) is 0.950. The lowest BCUT2D eigenvalue weighted by Crippen LogP contribution is -2.46. The fourth-order valence-corrected chi connectivity index (χ4v) is 2.33. The second-order valence-corrected chi connectivity index (χ2v) is 6.31. The Hall–Kier alpha value is -1.24. The lowest BCUT2D eigenvalue weighted by molar-refractivity contribution is -0.166. The Bertz CT molecular complexity index is 404. The number of carbonyl (C=O) groups is 3. The highest BCUT2D eigenvalue weighted by molar-refractivity contribution is 7.80. The minimum absolute atomic E-state index is 0.0459. The Kier molecular flexibility index (Phi) is 5.44. The van der Waals surface area contributed by atoms with Crippen molar-refractivity contribution in [2.24, 2.45) is 5.92 Å². The number of hydrogen-bond acceptors (Lipinski definition) is 5. The van der Waals surface area contributed by atoms with Gasteiger partial charge < -0.3 is 14.7 Å². The van der Waals surface area contributed by atoms with Crippen molar-refractivity contribution in [3.8, 4) is 0 Å². The lowest BCUT2D eigenvalue weighted by Gasteiger charge is -2.29. The average molecular weight is 303 g/mol. The Morgan fingerprint density at radius 1 is 1.50 bits per heavy atom. The molecule has 0 bridgehead atoms. The van der Waals surface area contributed by atoms with Crippen molar-refractivity contribution in [3.63, 3.8) is 0 Å². The zero-order chi connectivity index (χ0) is 15.5. The summed E-state index contributed by atoms with van der Waals surface area (Å²) in [5.41, 5.74) is -0.723. The summed E-state index contributed by atoms with van der Waals surface area (Å²) in [6.45, 7) is 5.45. The van der Waals surface area contributed by atoms with Gasteiger partial charge in [-0.05, 0) is 32.4 Å². The van der Waals surface area contributed by atoms with Crippen LogP contribution in [0.1, 0.15) is 33.6 Å². The Labute approximate surface area is 123 Å². The third-order valence-electron chi connectivity index (χ3n) is 2.92. The summed E-state index contributed by atoms with van der Waals surface area (Å²) < 4.78 is 5.22. The topological polar surface area (TPSA) is 83.9 Å². The zero-order valence-corrected chi connectivity index (χ0v) is 12.9.